The van der Waals surface area contributed by atoms with E-state index in [9.17, 15) is 27.9 Å². The zero-order valence-corrected chi connectivity index (χ0v) is 9.87. The van der Waals surface area contributed by atoms with E-state index in [1.54, 1.807) is 4.98 Å². The Morgan fingerprint density at radius 1 is 1.50 bits per heavy atom. The van der Waals surface area contributed by atoms with Crippen LogP contribution < -0.4 is 11.2 Å². The van der Waals surface area contributed by atoms with E-state index in [0.717, 1.165) is 12.3 Å². The lowest BCUT2D eigenvalue weighted by molar-refractivity contribution is -0.195. The molecule has 1 saturated heterocycles. The number of halogens is 3. The molecule has 0 spiro atoms. The van der Waals surface area contributed by atoms with Gasteiger partial charge in [-0.15, -0.1) is 0 Å². The third-order valence-corrected chi connectivity index (χ3v) is 3.16. The number of ether oxygens (including phenoxy) is 1. The normalized spacial score (nSPS) is 33.8. The Kier molecular flexibility index (Phi) is 3.71. The van der Waals surface area contributed by atoms with Crippen molar-refractivity contribution in [1.82, 2.24) is 9.55 Å². The molecule has 1 aromatic rings. The van der Waals surface area contributed by atoms with Crippen molar-refractivity contribution in [3.63, 3.8) is 0 Å². The van der Waals surface area contributed by atoms with Gasteiger partial charge < -0.3 is 14.9 Å². The number of alkyl halides is 3. The molecule has 0 saturated carbocycles. The second-order valence-corrected chi connectivity index (χ2v) is 4.33. The van der Waals surface area contributed by atoms with Gasteiger partial charge in [-0.25, -0.2) is 18.0 Å². The van der Waals surface area contributed by atoms with Crippen molar-refractivity contribution in [3.8, 4) is 0 Å². The van der Waals surface area contributed by atoms with Gasteiger partial charge in [-0.05, 0) is 0 Å². The molecular weight excluding hydrogens is 285 g/mol. The fourth-order valence-electron chi connectivity index (χ4n) is 2.00. The average molecular weight is 296 g/mol. The maximum atomic E-state index is 13.9. The summed E-state index contributed by atoms with van der Waals surface area (Å²) in [6, 6.07) is 0.866. The van der Waals surface area contributed by atoms with Crippen molar-refractivity contribution in [2.45, 2.75) is 30.5 Å². The fourth-order valence-corrected chi connectivity index (χ4v) is 2.00. The first kappa shape index (κ1) is 14.8. The summed E-state index contributed by atoms with van der Waals surface area (Å²) in [6.07, 6.45) is -9.10. The van der Waals surface area contributed by atoms with Gasteiger partial charge in [-0.1, -0.05) is 0 Å². The number of nitrogens with zero attached hydrogens (tertiary/aromatic N) is 1. The zero-order chi connectivity index (χ0) is 15.1. The first-order valence-corrected chi connectivity index (χ1v) is 5.54. The third-order valence-electron chi connectivity index (χ3n) is 3.16. The van der Waals surface area contributed by atoms with Crippen molar-refractivity contribution in [2.24, 2.45) is 0 Å². The topological polar surface area (TPSA) is 105 Å². The number of aliphatic hydroxyl groups excluding tert-OH is 2. The summed E-state index contributed by atoms with van der Waals surface area (Å²) in [6.45, 7) is -1.33. The Morgan fingerprint density at radius 3 is 2.60 bits per heavy atom. The Bertz CT molecular complexity index is 603. The summed E-state index contributed by atoms with van der Waals surface area (Å²) in [5.74, 6) is 0. The van der Waals surface area contributed by atoms with Gasteiger partial charge in [-0.2, -0.15) is 0 Å². The van der Waals surface area contributed by atoms with E-state index >= 15 is 0 Å². The lowest BCUT2D eigenvalue weighted by atomic mass is 9.97. The molecule has 0 aromatic carbocycles. The smallest absolute Gasteiger partial charge is 0.330 e. The second kappa shape index (κ2) is 5.04. The van der Waals surface area contributed by atoms with Gasteiger partial charge in [-0.3, -0.25) is 14.3 Å². The monoisotopic (exact) mass is 296 g/mol. The highest BCUT2D eigenvalue weighted by Gasteiger charge is 2.61. The summed E-state index contributed by atoms with van der Waals surface area (Å²) in [7, 11) is 0. The van der Waals surface area contributed by atoms with E-state index in [0.29, 0.717) is 4.57 Å². The Morgan fingerprint density at radius 2 is 2.15 bits per heavy atom. The molecule has 3 N–H and O–H groups in total. The van der Waals surface area contributed by atoms with Crippen LogP contribution in [0.5, 0.6) is 0 Å². The number of aromatic amines is 1. The highest BCUT2D eigenvalue weighted by Crippen LogP contribution is 2.41. The zero-order valence-electron chi connectivity index (χ0n) is 9.87. The molecule has 7 nitrogen and oxygen atoms in total. The molecule has 10 heteroatoms. The third kappa shape index (κ3) is 2.05. The van der Waals surface area contributed by atoms with Crippen LogP contribution in [0.15, 0.2) is 21.9 Å². The molecule has 0 amide bonds. The lowest BCUT2D eigenvalue weighted by Gasteiger charge is -2.28. The fraction of sp³-hybridized carbons (Fsp3) is 0.600. The predicted molar refractivity (Wildman–Crippen MR) is 58.2 cm³/mol. The highest BCUT2D eigenvalue weighted by molar-refractivity contribution is 5.03. The number of hydrogen-bond donors (Lipinski definition) is 3. The van der Waals surface area contributed by atoms with Crippen LogP contribution in [0.25, 0.3) is 0 Å². The lowest BCUT2D eigenvalue weighted by Crippen LogP contribution is -2.51. The van der Waals surface area contributed by atoms with Crippen LogP contribution in [0.4, 0.5) is 13.2 Å². The van der Waals surface area contributed by atoms with Crippen molar-refractivity contribution >= 4 is 0 Å². The van der Waals surface area contributed by atoms with Crippen LogP contribution in [-0.4, -0.2) is 50.7 Å². The molecule has 20 heavy (non-hydrogen) atoms. The molecule has 1 aromatic heterocycles. The summed E-state index contributed by atoms with van der Waals surface area (Å²) in [5.41, 5.74) is -4.66. The predicted octanol–water partition coefficient (Wildman–Crippen LogP) is -1.24. The molecule has 2 heterocycles. The van der Waals surface area contributed by atoms with Crippen LogP contribution in [0.3, 0.4) is 0 Å². The summed E-state index contributed by atoms with van der Waals surface area (Å²) in [5, 5.41) is 18.5. The van der Waals surface area contributed by atoms with Gasteiger partial charge in [0.1, 0.15) is 6.10 Å². The highest BCUT2D eigenvalue weighted by atomic mass is 19.3. The Balaban J connectivity index is 2.45. The molecule has 4 atom stereocenters. The van der Waals surface area contributed by atoms with Gasteiger partial charge in [0.25, 0.3) is 12.0 Å². The quantitative estimate of drug-likeness (QED) is 0.647. The number of rotatable bonds is 3. The van der Waals surface area contributed by atoms with Crippen LogP contribution in [0, 0.1) is 0 Å². The van der Waals surface area contributed by atoms with Gasteiger partial charge in [0.15, 0.2) is 18.0 Å². The molecular formula is C10H11F3N2O5. The number of nitrogens with one attached hydrogen (secondary N) is 1. The van der Waals surface area contributed by atoms with Crippen molar-refractivity contribution in [3.05, 3.63) is 33.1 Å². The SMILES string of the molecule is O=c1ccn([C@@H]2O[C@@](CO)(C(F)F)[C@@H](O)C2F)c(=O)[nH]1. The molecule has 0 bridgehead atoms. The standard InChI is InChI=1S/C10H11F3N2O5/c11-5-6(18)10(3-16,8(12)13)20-7(5)15-2-1-4(17)14-9(15)19/h1-2,5-8,16,18H,3H2,(H,14,17,19)/t5?,6-,7+,10+/m0/s1. The molecule has 1 aliphatic rings. The summed E-state index contributed by atoms with van der Waals surface area (Å²) < 4.78 is 45.0. The summed E-state index contributed by atoms with van der Waals surface area (Å²) in [4.78, 5) is 24.2. The molecule has 1 fully saturated rings. The van der Waals surface area contributed by atoms with E-state index < -0.39 is 48.4 Å². The van der Waals surface area contributed by atoms with Crippen LogP contribution >= 0.6 is 0 Å². The Hall–Kier alpha value is -1.65. The van der Waals surface area contributed by atoms with E-state index in [-0.39, 0.29) is 0 Å². The second-order valence-electron chi connectivity index (χ2n) is 4.33. The van der Waals surface area contributed by atoms with Crippen LogP contribution in [0.1, 0.15) is 6.23 Å². The van der Waals surface area contributed by atoms with Gasteiger partial charge in [0.2, 0.25) is 0 Å². The molecule has 112 valence electrons. The molecule has 0 radical (unpaired) electrons. The first-order chi connectivity index (χ1) is 9.33. The minimum absolute atomic E-state index is 0.523. The minimum Gasteiger partial charge on any atom is -0.393 e. The number of hydrogen-bond acceptors (Lipinski definition) is 5. The number of H-pyrrole nitrogens is 1. The van der Waals surface area contributed by atoms with E-state index in [4.69, 9.17) is 9.84 Å². The van der Waals surface area contributed by atoms with Gasteiger partial charge in [0.05, 0.1) is 6.61 Å². The van der Waals surface area contributed by atoms with Gasteiger partial charge in [0, 0.05) is 12.3 Å². The number of aliphatic hydroxyl groups is 2. The van der Waals surface area contributed by atoms with E-state index in [1.165, 1.54) is 0 Å². The van der Waals surface area contributed by atoms with E-state index in [2.05, 4.69) is 0 Å². The maximum Gasteiger partial charge on any atom is 0.330 e. The van der Waals surface area contributed by atoms with Crippen LogP contribution in [0.2, 0.25) is 0 Å². The largest absolute Gasteiger partial charge is 0.393 e. The van der Waals surface area contributed by atoms with E-state index in [1.807, 2.05) is 0 Å². The molecule has 1 aliphatic heterocycles. The number of aromatic nitrogens is 2. The molecule has 2 rings (SSSR count). The molecule has 1 unspecified atom stereocenters. The van der Waals surface area contributed by atoms with Crippen molar-refractivity contribution in [2.75, 3.05) is 6.61 Å². The minimum atomic E-state index is -3.37. The molecule has 0 aliphatic carbocycles. The Labute approximate surface area is 109 Å². The maximum absolute atomic E-state index is 13.9. The van der Waals surface area contributed by atoms with Gasteiger partial charge >= 0.3 is 5.69 Å². The first-order valence-electron chi connectivity index (χ1n) is 5.54. The average Bonchev–Trinajstić information content (AvgIpc) is 2.64. The summed E-state index contributed by atoms with van der Waals surface area (Å²) >= 11 is 0. The van der Waals surface area contributed by atoms with Crippen molar-refractivity contribution in [1.29, 1.82) is 0 Å². The van der Waals surface area contributed by atoms with Crippen molar-refractivity contribution < 1.29 is 28.1 Å². The van der Waals surface area contributed by atoms with Crippen LogP contribution in [-0.2, 0) is 4.74 Å².